The van der Waals surface area contributed by atoms with E-state index in [0.717, 1.165) is 38.5 Å². The number of carbonyl (C=O) groups is 1. The molecule has 0 heterocycles. The van der Waals surface area contributed by atoms with Crippen LogP contribution in [0.3, 0.4) is 0 Å². The second kappa shape index (κ2) is 8.45. The fraction of sp³-hybridized carbons (Fsp3) is 0.957. The van der Waals surface area contributed by atoms with Gasteiger partial charge in [-0.3, -0.25) is 4.79 Å². The van der Waals surface area contributed by atoms with Crippen molar-refractivity contribution in [2.75, 3.05) is 0 Å². The van der Waals surface area contributed by atoms with E-state index in [1.807, 2.05) is 0 Å². The van der Waals surface area contributed by atoms with Crippen LogP contribution in [0.5, 0.6) is 0 Å². The maximum Gasteiger partial charge on any atom is 0.251 e. The molecule has 5 heteroatoms. The Hall–Kier alpha value is -0.293. The Balaban J connectivity index is 2.12. The molecule has 0 amide bonds. The molecule has 0 aromatic carbocycles. The first kappa shape index (κ1) is 24.0. The molecular weight excluding hydrogens is 374 g/mol. The summed E-state index contributed by atoms with van der Waals surface area (Å²) in [6, 6.07) is 0. The molecule has 0 unspecified atom stereocenters. The van der Waals surface area contributed by atoms with Crippen LogP contribution in [0.2, 0.25) is 19.6 Å². The molecule has 0 bridgehead atoms. The fourth-order valence-electron chi connectivity index (χ4n) is 6.16. The summed E-state index contributed by atoms with van der Waals surface area (Å²) in [6.07, 6.45) is 5.82. The lowest BCUT2D eigenvalue weighted by atomic mass is 9.61. The number of carbonyl (C=O) groups excluding carboxylic acids is 1. The topological polar surface area (TPSA) is 26.3 Å². The summed E-state index contributed by atoms with van der Waals surface area (Å²) in [5, 5.41) is 0. The van der Waals surface area contributed by atoms with E-state index in [0.29, 0.717) is 18.6 Å². The first-order chi connectivity index (χ1) is 12.8. The Morgan fingerprint density at radius 3 is 2.32 bits per heavy atom. The summed E-state index contributed by atoms with van der Waals surface area (Å²) in [4.78, 5) is 12.4. The van der Waals surface area contributed by atoms with Crippen LogP contribution in [0, 0.1) is 23.2 Å². The maximum absolute atomic E-state index is 15.4. The average Bonchev–Trinajstić information content (AvgIpc) is 2.95. The van der Waals surface area contributed by atoms with Gasteiger partial charge in [-0.15, -0.1) is 0 Å². The lowest BCUT2D eigenvalue weighted by molar-refractivity contribution is -0.136. The zero-order chi connectivity index (χ0) is 21.4. The van der Waals surface area contributed by atoms with E-state index in [1.165, 1.54) is 0 Å². The molecule has 2 nitrogen and oxygen atoms in total. The standard InChI is InChI=1S/C23H42F2O2Si/c1-8-22(9-2,27-28(5,6)7)15-16-23(24,25)17(3)18-12-13-19-20(26)11-10-14-21(18,19)4/h17-19H,8-16H2,1-7H3/t17-,18+,19-,21+/m0/s1. The highest BCUT2D eigenvalue weighted by Crippen LogP contribution is 2.59. The Morgan fingerprint density at radius 1 is 1.18 bits per heavy atom. The van der Waals surface area contributed by atoms with Gasteiger partial charge in [0.2, 0.25) is 0 Å². The van der Waals surface area contributed by atoms with Crippen molar-refractivity contribution in [3.8, 4) is 0 Å². The highest BCUT2D eigenvalue weighted by molar-refractivity contribution is 6.69. The minimum atomic E-state index is -2.72. The number of ketones is 1. The first-order valence-corrected chi connectivity index (χ1v) is 14.8. The number of halogens is 2. The van der Waals surface area contributed by atoms with Crippen LogP contribution in [0.15, 0.2) is 0 Å². The molecule has 0 radical (unpaired) electrons. The van der Waals surface area contributed by atoms with E-state index in [4.69, 9.17) is 4.43 Å². The zero-order valence-electron chi connectivity index (χ0n) is 19.2. The van der Waals surface area contributed by atoms with E-state index in [2.05, 4.69) is 40.4 Å². The third-order valence-electron chi connectivity index (χ3n) is 7.93. The Labute approximate surface area is 172 Å². The summed E-state index contributed by atoms with van der Waals surface area (Å²) < 4.78 is 37.2. The molecule has 2 aliphatic rings. The Bertz CT molecular complexity index is 553. The third-order valence-corrected chi connectivity index (χ3v) is 8.98. The van der Waals surface area contributed by atoms with Crippen LogP contribution in [-0.2, 0) is 9.22 Å². The molecule has 2 rings (SSSR count). The quantitative estimate of drug-likeness (QED) is 0.370. The minimum Gasteiger partial charge on any atom is -0.412 e. The second-order valence-corrected chi connectivity index (χ2v) is 15.1. The van der Waals surface area contributed by atoms with Crippen molar-refractivity contribution in [1.82, 2.24) is 0 Å². The molecule has 2 aliphatic carbocycles. The number of hydrogen-bond acceptors (Lipinski definition) is 2. The van der Waals surface area contributed by atoms with Crippen molar-refractivity contribution in [3.63, 3.8) is 0 Å². The summed E-state index contributed by atoms with van der Waals surface area (Å²) in [5.74, 6) is -3.16. The van der Waals surface area contributed by atoms with E-state index in [1.54, 1.807) is 6.92 Å². The van der Waals surface area contributed by atoms with Gasteiger partial charge in [-0.05, 0) is 75.9 Å². The van der Waals surface area contributed by atoms with Crippen molar-refractivity contribution in [1.29, 1.82) is 0 Å². The molecule has 2 fully saturated rings. The Kier molecular flexibility index (Phi) is 7.24. The lowest BCUT2D eigenvalue weighted by Crippen LogP contribution is -2.46. The van der Waals surface area contributed by atoms with E-state index in [-0.39, 0.29) is 23.7 Å². The summed E-state index contributed by atoms with van der Waals surface area (Å²) >= 11 is 0. The van der Waals surface area contributed by atoms with Gasteiger partial charge in [0, 0.05) is 24.7 Å². The number of hydrogen-bond donors (Lipinski definition) is 0. The van der Waals surface area contributed by atoms with Gasteiger partial charge in [0.25, 0.3) is 5.92 Å². The summed E-state index contributed by atoms with van der Waals surface area (Å²) in [6.45, 7) is 14.4. The van der Waals surface area contributed by atoms with Crippen molar-refractivity contribution < 1.29 is 18.0 Å². The van der Waals surface area contributed by atoms with Gasteiger partial charge < -0.3 is 4.43 Å². The van der Waals surface area contributed by atoms with Crippen molar-refractivity contribution in [3.05, 3.63) is 0 Å². The highest BCUT2D eigenvalue weighted by atomic mass is 28.4. The van der Waals surface area contributed by atoms with E-state index in [9.17, 15) is 4.79 Å². The fourth-order valence-corrected chi connectivity index (χ4v) is 7.85. The van der Waals surface area contributed by atoms with Gasteiger partial charge in [-0.2, -0.15) is 0 Å². The Morgan fingerprint density at radius 2 is 1.79 bits per heavy atom. The van der Waals surface area contributed by atoms with Crippen LogP contribution in [-0.4, -0.2) is 25.6 Å². The van der Waals surface area contributed by atoms with Crippen LogP contribution >= 0.6 is 0 Å². The molecule has 0 aromatic heterocycles. The predicted octanol–water partition coefficient (Wildman–Crippen LogP) is 7.23. The largest absolute Gasteiger partial charge is 0.412 e. The minimum absolute atomic E-state index is 0.00472. The van der Waals surface area contributed by atoms with Crippen molar-refractivity contribution in [2.24, 2.45) is 23.2 Å². The molecule has 164 valence electrons. The number of rotatable bonds is 9. The SMILES string of the molecule is CCC(CC)(CCC(F)(F)[C@@H](C)[C@H]1CC[C@H]2C(=O)CCC[C@]12C)O[Si](C)(C)C. The van der Waals surface area contributed by atoms with Gasteiger partial charge in [-0.1, -0.05) is 27.7 Å². The molecule has 28 heavy (non-hydrogen) atoms. The molecule has 0 spiro atoms. The van der Waals surface area contributed by atoms with Gasteiger partial charge >= 0.3 is 0 Å². The number of alkyl halides is 2. The predicted molar refractivity (Wildman–Crippen MR) is 114 cm³/mol. The molecule has 2 saturated carbocycles. The van der Waals surface area contributed by atoms with E-state index < -0.39 is 25.8 Å². The van der Waals surface area contributed by atoms with E-state index >= 15 is 8.78 Å². The monoisotopic (exact) mass is 416 g/mol. The van der Waals surface area contributed by atoms with Crippen molar-refractivity contribution in [2.45, 2.75) is 117 Å². The number of fused-ring (bicyclic) bond motifs is 1. The zero-order valence-corrected chi connectivity index (χ0v) is 20.2. The number of Topliss-reactive ketones (excluding diaryl/α,β-unsaturated/α-hetero) is 1. The van der Waals surface area contributed by atoms with Gasteiger partial charge in [0.1, 0.15) is 5.78 Å². The lowest BCUT2D eigenvalue weighted by Gasteiger charge is -2.44. The van der Waals surface area contributed by atoms with Crippen LogP contribution in [0.25, 0.3) is 0 Å². The highest BCUT2D eigenvalue weighted by Gasteiger charge is 2.56. The second-order valence-electron chi connectivity index (χ2n) is 10.7. The molecule has 0 saturated heterocycles. The summed E-state index contributed by atoms with van der Waals surface area (Å²) in [7, 11) is -1.81. The van der Waals surface area contributed by atoms with Gasteiger partial charge in [0.15, 0.2) is 8.32 Å². The molecule has 0 aliphatic heterocycles. The van der Waals surface area contributed by atoms with Gasteiger partial charge in [0.05, 0.1) is 5.60 Å². The van der Waals surface area contributed by atoms with Gasteiger partial charge in [-0.25, -0.2) is 8.78 Å². The normalized spacial score (nSPS) is 30.4. The average molecular weight is 417 g/mol. The molecule has 4 atom stereocenters. The van der Waals surface area contributed by atoms with Crippen LogP contribution in [0.4, 0.5) is 8.78 Å². The summed E-state index contributed by atoms with van der Waals surface area (Å²) in [5.41, 5.74) is -0.670. The van der Waals surface area contributed by atoms with Crippen molar-refractivity contribution >= 4 is 14.1 Å². The molecule has 0 N–H and O–H groups in total. The smallest absolute Gasteiger partial charge is 0.251 e. The van der Waals surface area contributed by atoms with Crippen LogP contribution in [0.1, 0.15) is 85.5 Å². The third kappa shape index (κ3) is 4.88. The first-order valence-electron chi connectivity index (χ1n) is 11.4. The molecular formula is C23H42F2O2Si. The maximum atomic E-state index is 15.4. The van der Waals surface area contributed by atoms with Crippen LogP contribution < -0.4 is 0 Å². The molecule has 0 aromatic rings.